The van der Waals surface area contributed by atoms with E-state index in [1.54, 1.807) is 20.2 Å². The van der Waals surface area contributed by atoms with E-state index < -0.39 is 0 Å². The molecule has 1 aromatic rings. The number of amides is 1. The summed E-state index contributed by atoms with van der Waals surface area (Å²) < 4.78 is 5.55. The van der Waals surface area contributed by atoms with Gasteiger partial charge in [0.2, 0.25) is 0 Å². The van der Waals surface area contributed by atoms with Gasteiger partial charge in [0.15, 0.2) is 11.5 Å². The molecule has 1 amide bonds. The van der Waals surface area contributed by atoms with E-state index in [9.17, 15) is 9.90 Å². The standard InChI is InChI=1S/C13H13BrN2O3/c1-16(2)13(18)9(7-15)4-8-5-12(19-3)11(17)6-10(8)14/h4-6,17H,1-3H3/b9-4-. The average molecular weight is 325 g/mol. The first-order valence-corrected chi connectivity index (χ1v) is 6.10. The summed E-state index contributed by atoms with van der Waals surface area (Å²) in [5, 5.41) is 18.6. The van der Waals surface area contributed by atoms with Crippen LogP contribution in [0.15, 0.2) is 22.2 Å². The van der Waals surface area contributed by atoms with Crippen molar-refractivity contribution in [3.63, 3.8) is 0 Å². The maximum atomic E-state index is 11.8. The molecule has 0 spiro atoms. The number of hydrogen-bond donors (Lipinski definition) is 1. The normalized spacial score (nSPS) is 10.8. The lowest BCUT2D eigenvalue weighted by atomic mass is 10.1. The lowest BCUT2D eigenvalue weighted by Crippen LogP contribution is -2.22. The number of hydrogen-bond acceptors (Lipinski definition) is 4. The zero-order valence-electron chi connectivity index (χ0n) is 10.8. The number of carbonyl (C=O) groups is 1. The second kappa shape index (κ2) is 6.25. The van der Waals surface area contributed by atoms with Gasteiger partial charge >= 0.3 is 0 Å². The van der Waals surface area contributed by atoms with E-state index in [0.29, 0.717) is 10.0 Å². The van der Waals surface area contributed by atoms with E-state index >= 15 is 0 Å². The molecule has 19 heavy (non-hydrogen) atoms. The van der Waals surface area contributed by atoms with Gasteiger partial charge in [-0.3, -0.25) is 4.79 Å². The molecular formula is C13H13BrN2O3. The number of rotatable bonds is 3. The van der Waals surface area contributed by atoms with Crippen molar-refractivity contribution >= 4 is 27.9 Å². The molecule has 1 rings (SSSR count). The number of halogens is 1. The zero-order chi connectivity index (χ0) is 14.6. The summed E-state index contributed by atoms with van der Waals surface area (Å²) in [6.07, 6.45) is 1.44. The predicted molar refractivity (Wildman–Crippen MR) is 74.6 cm³/mol. The number of nitrogens with zero attached hydrogens (tertiary/aromatic N) is 2. The van der Waals surface area contributed by atoms with Crippen LogP contribution in [-0.2, 0) is 4.79 Å². The monoisotopic (exact) mass is 324 g/mol. The van der Waals surface area contributed by atoms with Gasteiger partial charge in [0.05, 0.1) is 7.11 Å². The highest BCUT2D eigenvalue weighted by molar-refractivity contribution is 9.10. The third-order valence-electron chi connectivity index (χ3n) is 2.36. The third-order valence-corrected chi connectivity index (χ3v) is 3.04. The Hall–Kier alpha value is -2.00. The number of methoxy groups -OCH3 is 1. The molecule has 0 radical (unpaired) electrons. The van der Waals surface area contributed by atoms with Crippen LogP contribution in [0.5, 0.6) is 11.5 Å². The smallest absolute Gasteiger partial charge is 0.264 e. The van der Waals surface area contributed by atoms with Crippen LogP contribution in [0.25, 0.3) is 6.08 Å². The molecule has 0 fully saturated rings. The Kier molecular flexibility index (Phi) is 4.95. The predicted octanol–water partition coefficient (Wildman–Crippen LogP) is 2.16. The minimum atomic E-state index is -0.388. The number of phenolic OH excluding ortho intramolecular Hbond substituents is 1. The van der Waals surface area contributed by atoms with Crippen LogP contribution in [-0.4, -0.2) is 37.1 Å². The number of nitriles is 1. The molecule has 1 N–H and O–H groups in total. The molecule has 0 aliphatic heterocycles. The number of phenols is 1. The fraction of sp³-hybridized carbons (Fsp3) is 0.231. The molecule has 0 unspecified atom stereocenters. The fourth-order valence-electron chi connectivity index (χ4n) is 1.37. The van der Waals surface area contributed by atoms with Crippen LogP contribution >= 0.6 is 15.9 Å². The number of carbonyl (C=O) groups excluding carboxylic acids is 1. The molecule has 0 saturated carbocycles. The number of benzene rings is 1. The van der Waals surface area contributed by atoms with E-state index in [4.69, 9.17) is 10.00 Å². The van der Waals surface area contributed by atoms with E-state index in [1.807, 2.05) is 6.07 Å². The second-order valence-electron chi connectivity index (χ2n) is 3.91. The Bertz CT molecular complexity index is 574. The minimum Gasteiger partial charge on any atom is -0.504 e. The highest BCUT2D eigenvalue weighted by atomic mass is 79.9. The highest BCUT2D eigenvalue weighted by Gasteiger charge is 2.13. The number of aromatic hydroxyl groups is 1. The molecule has 0 atom stereocenters. The van der Waals surface area contributed by atoms with Gasteiger partial charge in [-0.1, -0.05) is 15.9 Å². The summed E-state index contributed by atoms with van der Waals surface area (Å²) >= 11 is 3.26. The SMILES string of the molecule is COc1cc(/C=C(/C#N)C(=O)N(C)C)c(Br)cc1O. The topological polar surface area (TPSA) is 73.6 Å². The first-order chi connectivity index (χ1) is 8.90. The van der Waals surface area contributed by atoms with Crippen LogP contribution in [0.3, 0.4) is 0 Å². The van der Waals surface area contributed by atoms with Crippen LogP contribution in [0.4, 0.5) is 0 Å². The molecule has 6 heteroatoms. The largest absolute Gasteiger partial charge is 0.504 e. The molecule has 0 aliphatic carbocycles. The van der Waals surface area contributed by atoms with Crippen LogP contribution in [0.2, 0.25) is 0 Å². The first kappa shape index (κ1) is 15.1. The van der Waals surface area contributed by atoms with Crippen molar-refractivity contribution in [3.8, 4) is 17.6 Å². The zero-order valence-corrected chi connectivity index (χ0v) is 12.4. The Morgan fingerprint density at radius 3 is 2.63 bits per heavy atom. The van der Waals surface area contributed by atoms with E-state index in [0.717, 1.165) is 0 Å². The molecule has 0 bridgehead atoms. The van der Waals surface area contributed by atoms with Gasteiger partial charge in [-0.05, 0) is 23.8 Å². The van der Waals surface area contributed by atoms with Crippen molar-refractivity contribution in [2.24, 2.45) is 0 Å². The Balaban J connectivity index is 3.30. The molecular weight excluding hydrogens is 312 g/mol. The summed E-state index contributed by atoms with van der Waals surface area (Å²) in [7, 11) is 4.56. The van der Waals surface area contributed by atoms with E-state index in [1.165, 1.54) is 24.2 Å². The van der Waals surface area contributed by atoms with Gasteiger partial charge in [0.1, 0.15) is 11.6 Å². The Morgan fingerprint density at radius 1 is 1.53 bits per heavy atom. The highest BCUT2D eigenvalue weighted by Crippen LogP contribution is 2.33. The lowest BCUT2D eigenvalue weighted by molar-refractivity contribution is -0.124. The van der Waals surface area contributed by atoms with Crippen molar-refractivity contribution in [1.29, 1.82) is 5.26 Å². The van der Waals surface area contributed by atoms with Crippen LogP contribution in [0.1, 0.15) is 5.56 Å². The molecule has 100 valence electrons. The molecule has 0 saturated heterocycles. The van der Waals surface area contributed by atoms with Gasteiger partial charge in [0.25, 0.3) is 5.91 Å². The van der Waals surface area contributed by atoms with Crippen molar-refractivity contribution in [2.45, 2.75) is 0 Å². The summed E-state index contributed by atoms with van der Waals surface area (Å²) in [5.41, 5.74) is 0.569. The summed E-state index contributed by atoms with van der Waals surface area (Å²) in [5.74, 6) is -0.144. The van der Waals surface area contributed by atoms with E-state index in [2.05, 4.69) is 15.9 Å². The minimum absolute atomic E-state index is 0.00144. The quantitative estimate of drug-likeness (QED) is 0.683. The van der Waals surface area contributed by atoms with Gasteiger partial charge in [0, 0.05) is 18.6 Å². The van der Waals surface area contributed by atoms with Crippen molar-refractivity contribution in [3.05, 3.63) is 27.7 Å². The van der Waals surface area contributed by atoms with Crippen LogP contribution < -0.4 is 4.74 Å². The van der Waals surface area contributed by atoms with E-state index in [-0.39, 0.29) is 23.0 Å². The third kappa shape index (κ3) is 3.48. The summed E-state index contributed by atoms with van der Waals surface area (Å²) in [6, 6.07) is 4.84. The van der Waals surface area contributed by atoms with Crippen LogP contribution in [0, 0.1) is 11.3 Å². The number of likely N-dealkylation sites (N-methyl/N-ethyl adjacent to an activating group) is 1. The first-order valence-electron chi connectivity index (χ1n) is 5.30. The van der Waals surface area contributed by atoms with Crippen molar-refractivity contribution < 1.29 is 14.6 Å². The van der Waals surface area contributed by atoms with Gasteiger partial charge in [-0.15, -0.1) is 0 Å². The van der Waals surface area contributed by atoms with Gasteiger partial charge in [-0.2, -0.15) is 5.26 Å². The number of ether oxygens (including phenoxy) is 1. The maximum absolute atomic E-state index is 11.8. The fourth-order valence-corrected chi connectivity index (χ4v) is 1.82. The molecule has 0 aromatic heterocycles. The lowest BCUT2D eigenvalue weighted by Gasteiger charge is -2.10. The Labute approximate surface area is 119 Å². The van der Waals surface area contributed by atoms with Gasteiger partial charge < -0.3 is 14.7 Å². The summed E-state index contributed by atoms with van der Waals surface area (Å²) in [6.45, 7) is 0. The molecule has 0 heterocycles. The summed E-state index contributed by atoms with van der Waals surface area (Å²) in [4.78, 5) is 13.1. The van der Waals surface area contributed by atoms with Crippen molar-refractivity contribution in [1.82, 2.24) is 4.90 Å². The molecule has 0 aliphatic rings. The van der Waals surface area contributed by atoms with Gasteiger partial charge in [-0.25, -0.2) is 0 Å². The average Bonchev–Trinajstić information content (AvgIpc) is 2.37. The maximum Gasteiger partial charge on any atom is 0.264 e. The molecule has 1 aromatic carbocycles. The Morgan fingerprint density at radius 2 is 2.16 bits per heavy atom. The second-order valence-corrected chi connectivity index (χ2v) is 4.77. The molecule has 5 nitrogen and oxygen atoms in total. The van der Waals surface area contributed by atoms with Crippen molar-refractivity contribution in [2.75, 3.05) is 21.2 Å².